The Bertz CT molecular complexity index is 956. The van der Waals surface area contributed by atoms with E-state index in [0.717, 1.165) is 38.9 Å². The van der Waals surface area contributed by atoms with Gasteiger partial charge in [-0.3, -0.25) is 14.2 Å². The highest BCUT2D eigenvalue weighted by Gasteiger charge is 2.19. The number of H-pyrrole nitrogens is 1. The highest BCUT2D eigenvalue weighted by Crippen LogP contribution is 2.16. The number of amides is 1. The summed E-state index contributed by atoms with van der Waals surface area (Å²) in [5.74, 6) is -0.185. The van der Waals surface area contributed by atoms with Gasteiger partial charge in [0.05, 0.1) is 29.7 Å². The Kier molecular flexibility index (Phi) is 5.38. The first-order valence-electron chi connectivity index (χ1n) is 9.40. The number of fused-ring (bicyclic) bond motifs is 1. The van der Waals surface area contributed by atoms with Gasteiger partial charge in [0.15, 0.2) is 4.77 Å². The molecule has 1 amide bonds. The lowest BCUT2D eigenvalue weighted by atomic mass is 10.1. The van der Waals surface area contributed by atoms with Gasteiger partial charge in [-0.2, -0.15) is 0 Å². The Morgan fingerprint density at radius 3 is 2.67 bits per heavy atom. The molecule has 2 N–H and O–H groups in total. The second-order valence-electron chi connectivity index (χ2n) is 7.09. The molecule has 4 rings (SSSR count). The van der Waals surface area contributed by atoms with E-state index in [1.54, 1.807) is 22.8 Å². The summed E-state index contributed by atoms with van der Waals surface area (Å²) in [5, 5.41) is 3.40. The van der Waals surface area contributed by atoms with Crippen molar-refractivity contribution in [1.82, 2.24) is 14.9 Å². The van der Waals surface area contributed by atoms with Crippen molar-refractivity contribution in [2.45, 2.75) is 44.4 Å². The first-order chi connectivity index (χ1) is 13.1. The number of hydrogen-bond acceptors (Lipinski definition) is 5. The summed E-state index contributed by atoms with van der Waals surface area (Å²) in [6.07, 6.45) is 4.06. The van der Waals surface area contributed by atoms with Crippen LogP contribution in [-0.4, -0.2) is 47.4 Å². The highest BCUT2D eigenvalue weighted by atomic mass is 32.1. The molecule has 2 aromatic rings. The molecule has 2 atom stereocenters. The fraction of sp³-hybridized carbons (Fsp3) is 0.526. The molecule has 8 heteroatoms. The van der Waals surface area contributed by atoms with Crippen LogP contribution in [0.4, 0.5) is 0 Å². The maximum atomic E-state index is 12.8. The minimum atomic E-state index is -0.185. The number of benzene rings is 1. The van der Waals surface area contributed by atoms with Crippen LogP contribution in [0, 0.1) is 4.77 Å². The van der Waals surface area contributed by atoms with Crippen molar-refractivity contribution in [2.24, 2.45) is 0 Å². The molecule has 27 heavy (non-hydrogen) atoms. The third-order valence-corrected chi connectivity index (χ3v) is 5.49. The molecule has 144 valence electrons. The first kappa shape index (κ1) is 18.3. The van der Waals surface area contributed by atoms with E-state index in [-0.39, 0.29) is 23.7 Å². The van der Waals surface area contributed by atoms with E-state index in [0.29, 0.717) is 34.3 Å². The summed E-state index contributed by atoms with van der Waals surface area (Å²) in [6.45, 7) is 2.43. The van der Waals surface area contributed by atoms with Crippen LogP contribution < -0.4 is 10.9 Å². The van der Waals surface area contributed by atoms with Gasteiger partial charge in [-0.05, 0) is 56.1 Å². The number of nitrogens with zero attached hydrogens (tertiary/aromatic N) is 1. The zero-order chi connectivity index (χ0) is 18.8. The van der Waals surface area contributed by atoms with E-state index in [9.17, 15) is 9.59 Å². The maximum absolute atomic E-state index is 12.8. The lowest BCUT2D eigenvalue weighted by Crippen LogP contribution is -2.32. The first-order valence-corrected chi connectivity index (χ1v) is 9.81. The molecule has 0 spiro atoms. The van der Waals surface area contributed by atoms with E-state index in [1.807, 2.05) is 0 Å². The molecule has 0 bridgehead atoms. The predicted octanol–water partition coefficient (Wildman–Crippen LogP) is 2.15. The molecule has 2 aliphatic heterocycles. The van der Waals surface area contributed by atoms with Crippen molar-refractivity contribution in [3.8, 4) is 0 Å². The molecule has 1 aromatic carbocycles. The normalized spacial score (nSPS) is 22.4. The average Bonchev–Trinajstić information content (AvgIpc) is 3.36. The minimum Gasteiger partial charge on any atom is -0.376 e. The summed E-state index contributed by atoms with van der Waals surface area (Å²) in [7, 11) is 0. The van der Waals surface area contributed by atoms with Gasteiger partial charge in [0, 0.05) is 25.3 Å². The van der Waals surface area contributed by atoms with E-state index < -0.39 is 0 Å². The summed E-state index contributed by atoms with van der Waals surface area (Å²) in [6, 6.07) is 5.02. The number of nitrogens with one attached hydrogen (secondary N) is 2. The van der Waals surface area contributed by atoms with Crippen LogP contribution in [0.3, 0.4) is 0 Å². The summed E-state index contributed by atoms with van der Waals surface area (Å²) >= 11 is 5.37. The standard InChI is InChI=1S/C19H23N3O4S/c23-17(20-10-13-3-1-7-25-13)12-5-6-15-16(9-12)21-19(27)22(18(15)24)11-14-4-2-8-26-14/h5-6,9,13-14H,1-4,7-8,10-11H2,(H,20,23)(H,21,27)/t13-,14+/m0/s1. The predicted molar refractivity (Wildman–Crippen MR) is 104 cm³/mol. The maximum Gasteiger partial charge on any atom is 0.262 e. The monoisotopic (exact) mass is 389 g/mol. The van der Waals surface area contributed by atoms with Crippen LogP contribution in [0.1, 0.15) is 36.0 Å². The van der Waals surface area contributed by atoms with Gasteiger partial charge >= 0.3 is 0 Å². The number of hydrogen-bond donors (Lipinski definition) is 2. The van der Waals surface area contributed by atoms with Crippen LogP contribution in [0.5, 0.6) is 0 Å². The smallest absolute Gasteiger partial charge is 0.262 e. The van der Waals surface area contributed by atoms with Gasteiger partial charge in [-0.15, -0.1) is 0 Å². The van der Waals surface area contributed by atoms with Gasteiger partial charge in [-0.1, -0.05) is 0 Å². The van der Waals surface area contributed by atoms with Crippen LogP contribution >= 0.6 is 12.2 Å². The fourth-order valence-corrected chi connectivity index (χ4v) is 3.93. The molecule has 2 fully saturated rings. The molecule has 0 unspecified atom stereocenters. The van der Waals surface area contributed by atoms with Crippen molar-refractivity contribution in [3.63, 3.8) is 0 Å². The van der Waals surface area contributed by atoms with Crippen molar-refractivity contribution in [3.05, 3.63) is 38.9 Å². The van der Waals surface area contributed by atoms with Gasteiger partial charge in [0.1, 0.15) is 0 Å². The summed E-state index contributed by atoms with van der Waals surface area (Å²) in [4.78, 5) is 28.3. The van der Waals surface area contributed by atoms with Crippen LogP contribution in [0.15, 0.2) is 23.0 Å². The van der Waals surface area contributed by atoms with Gasteiger partial charge in [-0.25, -0.2) is 0 Å². The highest BCUT2D eigenvalue weighted by molar-refractivity contribution is 7.71. The SMILES string of the molecule is O=C(NC[C@@H]1CCCO1)c1ccc2c(=O)n(C[C@H]3CCCO3)c(=S)[nH]c2c1. The molecule has 0 saturated carbocycles. The van der Waals surface area contributed by atoms with Crippen LogP contribution in [0.25, 0.3) is 10.9 Å². The zero-order valence-electron chi connectivity index (χ0n) is 15.0. The second-order valence-corrected chi connectivity index (χ2v) is 7.47. The number of ether oxygens (including phenoxy) is 2. The molecule has 2 aliphatic rings. The van der Waals surface area contributed by atoms with E-state index in [2.05, 4.69) is 10.3 Å². The number of aromatic amines is 1. The quantitative estimate of drug-likeness (QED) is 0.766. The third kappa shape index (κ3) is 3.97. The molecule has 3 heterocycles. The average molecular weight is 389 g/mol. The molecular weight excluding hydrogens is 366 g/mol. The third-order valence-electron chi connectivity index (χ3n) is 5.17. The molecule has 0 aliphatic carbocycles. The van der Waals surface area contributed by atoms with Crippen molar-refractivity contribution in [2.75, 3.05) is 19.8 Å². The number of aromatic nitrogens is 2. The molecule has 1 aromatic heterocycles. The largest absolute Gasteiger partial charge is 0.376 e. The Morgan fingerprint density at radius 2 is 1.96 bits per heavy atom. The summed E-state index contributed by atoms with van der Waals surface area (Å²) in [5.41, 5.74) is 0.899. The molecule has 2 saturated heterocycles. The Hall–Kier alpha value is -2.03. The zero-order valence-corrected chi connectivity index (χ0v) is 15.8. The number of carbonyl (C=O) groups is 1. The molecule has 0 radical (unpaired) electrons. The topological polar surface area (TPSA) is 85.3 Å². The molecule has 7 nitrogen and oxygen atoms in total. The van der Waals surface area contributed by atoms with E-state index >= 15 is 0 Å². The van der Waals surface area contributed by atoms with Crippen molar-refractivity contribution >= 4 is 29.0 Å². The van der Waals surface area contributed by atoms with Crippen LogP contribution in [-0.2, 0) is 16.0 Å². The Balaban J connectivity index is 1.56. The summed E-state index contributed by atoms with van der Waals surface area (Å²) < 4.78 is 13.0. The van der Waals surface area contributed by atoms with Gasteiger partial charge < -0.3 is 19.8 Å². The van der Waals surface area contributed by atoms with Crippen LogP contribution in [0.2, 0.25) is 0 Å². The lowest BCUT2D eigenvalue weighted by Gasteiger charge is -2.13. The van der Waals surface area contributed by atoms with Gasteiger partial charge in [0.2, 0.25) is 0 Å². The van der Waals surface area contributed by atoms with Gasteiger partial charge in [0.25, 0.3) is 11.5 Å². The van der Waals surface area contributed by atoms with Crippen molar-refractivity contribution in [1.29, 1.82) is 0 Å². The van der Waals surface area contributed by atoms with E-state index in [4.69, 9.17) is 21.7 Å². The van der Waals surface area contributed by atoms with E-state index in [1.165, 1.54) is 0 Å². The second kappa shape index (κ2) is 7.92. The molecular formula is C19H23N3O4S. The number of rotatable bonds is 5. The fourth-order valence-electron chi connectivity index (χ4n) is 3.67. The number of carbonyl (C=O) groups excluding carboxylic acids is 1. The minimum absolute atomic E-state index is 0.0260. The van der Waals surface area contributed by atoms with Crippen molar-refractivity contribution < 1.29 is 14.3 Å². The Morgan fingerprint density at radius 1 is 1.22 bits per heavy atom. The lowest BCUT2D eigenvalue weighted by molar-refractivity contribution is 0.0858. The Labute approximate surface area is 161 Å².